The van der Waals surface area contributed by atoms with E-state index < -0.39 is 5.41 Å². The van der Waals surface area contributed by atoms with Crippen LogP contribution in [0, 0.1) is 0 Å². The molecule has 9 aromatic carbocycles. The van der Waals surface area contributed by atoms with Gasteiger partial charge in [-0.2, -0.15) is 0 Å². The van der Waals surface area contributed by atoms with Crippen molar-refractivity contribution in [2.24, 2.45) is 0 Å². The van der Waals surface area contributed by atoms with E-state index in [9.17, 15) is 0 Å². The van der Waals surface area contributed by atoms with Crippen molar-refractivity contribution in [3.8, 4) is 78.4 Å². The molecule has 65 heavy (non-hydrogen) atoms. The number of aromatic nitrogens is 3. The molecule has 0 saturated carbocycles. The Bertz CT molecular complexity index is 3470. The van der Waals surface area contributed by atoms with Gasteiger partial charge in [0.25, 0.3) is 0 Å². The third-order valence-corrected chi connectivity index (χ3v) is 13.1. The van der Waals surface area contributed by atoms with Crippen molar-refractivity contribution in [2.45, 2.75) is 5.41 Å². The minimum atomic E-state index is -0.411. The number of hydrogen-bond donors (Lipinski definition) is 0. The van der Waals surface area contributed by atoms with Crippen LogP contribution in [0.1, 0.15) is 22.3 Å². The standard InChI is InChI=1S/C62H41N3/c1-4-16-44(17-5-1)61-64-59(47-19-14-18-45(38-47)48-20-15-37-63-41-48)40-60(65-61)55-35-34-51(52-25-10-11-26-53(52)55)43-31-29-42(30-32-43)46-33-36-58-56(39-46)54-27-12-13-28-57(54)62(58,49-21-6-2-7-22-49)50-23-8-3-9-24-50/h1-41H. The second-order valence-electron chi connectivity index (χ2n) is 16.7. The molecule has 2 aromatic heterocycles. The molecular weight excluding hydrogens is 787 g/mol. The Labute approximate surface area is 379 Å². The van der Waals surface area contributed by atoms with Crippen LogP contribution < -0.4 is 0 Å². The molecule has 304 valence electrons. The monoisotopic (exact) mass is 827 g/mol. The van der Waals surface area contributed by atoms with Crippen molar-refractivity contribution in [3.63, 3.8) is 0 Å². The first-order chi connectivity index (χ1) is 32.2. The minimum absolute atomic E-state index is 0.411. The van der Waals surface area contributed by atoms with Crippen molar-refractivity contribution in [1.29, 1.82) is 0 Å². The molecule has 1 aliphatic rings. The molecule has 11 aromatic rings. The molecule has 0 atom stereocenters. The summed E-state index contributed by atoms with van der Waals surface area (Å²) < 4.78 is 0. The van der Waals surface area contributed by atoms with Crippen molar-refractivity contribution >= 4 is 10.8 Å². The first kappa shape index (κ1) is 38.2. The molecule has 3 heteroatoms. The number of nitrogens with zero attached hydrogens (tertiary/aromatic N) is 3. The summed E-state index contributed by atoms with van der Waals surface area (Å²) in [7, 11) is 0. The zero-order valence-corrected chi connectivity index (χ0v) is 35.5. The number of rotatable bonds is 8. The largest absolute Gasteiger partial charge is 0.264 e. The fourth-order valence-electron chi connectivity index (χ4n) is 10.1. The third kappa shape index (κ3) is 6.56. The fourth-order valence-corrected chi connectivity index (χ4v) is 10.1. The van der Waals surface area contributed by atoms with E-state index in [-0.39, 0.29) is 0 Å². The van der Waals surface area contributed by atoms with Crippen LogP contribution in [0.4, 0.5) is 0 Å². The Morgan fingerprint density at radius 2 is 0.846 bits per heavy atom. The van der Waals surface area contributed by atoms with Crippen molar-refractivity contribution < 1.29 is 0 Å². The lowest BCUT2D eigenvalue weighted by Crippen LogP contribution is -2.28. The van der Waals surface area contributed by atoms with Crippen LogP contribution in [0.25, 0.3) is 89.2 Å². The summed E-state index contributed by atoms with van der Waals surface area (Å²) >= 11 is 0. The van der Waals surface area contributed by atoms with Crippen molar-refractivity contribution in [3.05, 3.63) is 271 Å². The molecule has 0 fully saturated rings. The van der Waals surface area contributed by atoms with Gasteiger partial charge in [0.2, 0.25) is 0 Å². The quantitative estimate of drug-likeness (QED) is 0.153. The highest BCUT2D eigenvalue weighted by molar-refractivity contribution is 6.05. The molecule has 0 spiro atoms. The second kappa shape index (κ2) is 16.0. The average molecular weight is 828 g/mol. The molecule has 0 saturated heterocycles. The molecule has 0 unspecified atom stereocenters. The van der Waals surface area contributed by atoms with Gasteiger partial charge < -0.3 is 0 Å². The van der Waals surface area contributed by atoms with Gasteiger partial charge in [-0.3, -0.25) is 4.98 Å². The van der Waals surface area contributed by atoms with Gasteiger partial charge in [-0.05, 0) is 96.2 Å². The molecule has 2 heterocycles. The Morgan fingerprint density at radius 1 is 0.292 bits per heavy atom. The smallest absolute Gasteiger partial charge is 0.160 e. The van der Waals surface area contributed by atoms with E-state index in [0.29, 0.717) is 5.82 Å². The molecule has 3 nitrogen and oxygen atoms in total. The van der Waals surface area contributed by atoms with Crippen LogP contribution in [-0.4, -0.2) is 15.0 Å². The van der Waals surface area contributed by atoms with Crippen LogP contribution in [0.2, 0.25) is 0 Å². The molecule has 0 amide bonds. The van der Waals surface area contributed by atoms with E-state index in [1.54, 1.807) is 6.20 Å². The first-order valence-electron chi connectivity index (χ1n) is 22.2. The summed E-state index contributed by atoms with van der Waals surface area (Å²) in [6, 6.07) is 85.1. The highest BCUT2D eigenvalue weighted by Gasteiger charge is 2.45. The van der Waals surface area contributed by atoms with E-state index >= 15 is 0 Å². The molecule has 0 N–H and O–H groups in total. The maximum Gasteiger partial charge on any atom is 0.160 e. The van der Waals surface area contributed by atoms with Crippen LogP contribution >= 0.6 is 0 Å². The van der Waals surface area contributed by atoms with Gasteiger partial charge in [-0.1, -0.05) is 212 Å². The zero-order valence-electron chi connectivity index (χ0n) is 35.5. The summed E-state index contributed by atoms with van der Waals surface area (Å²) in [5.41, 5.74) is 19.0. The number of benzene rings is 9. The first-order valence-corrected chi connectivity index (χ1v) is 22.2. The highest BCUT2D eigenvalue weighted by atomic mass is 14.9. The SMILES string of the molecule is c1ccc(-c2nc(-c3cccc(-c4cccnc4)c3)cc(-c3ccc(-c4ccc(-c5ccc6c(c5)-c5ccccc5C6(c5ccccc5)c5ccccc5)cc4)c4ccccc34)n2)cc1. The Morgan fingerprint density at radius 3 is 1.58 bits per heavy atom. The normalized spacial score (nSPS) is 12.4. The topological polar surface area (TPSA) is 38.7 Å². The molecule has 12 rings (SSSR count). The summed E-state index contributed by atoms with van der Waals surface area (Å²) in [4.78, 5) is 14.8. The van der Waals surface area contributed by atoms with Gasteiger partial charge in [0.1, 0.15) is 0 Å². The van der Waals surface area contributed by atoms with E-state index in [1.807, 2.05) is 30.5 Å². The van der Waals surface area contributed by atoms with Crippen LogP contribution in [0.15, 0.2) is 249 Å². The summed E-state index contributed by atoms with van der Waals surface area (Å²) in [6.45, 7) is 0. The van der Waals surface area contributed by atoms with E-state index in [2.05, 4.69) is 217 Å². The van der Waals surface area contributed by atoms with Crippen LogP contribution in [0.3, 0.4) is 0 Å². The van der Waals surface area contributed by atoms with Gasteiger partial charge in [0.05, 0.1) is 16.8 Å². The van der Waals surface area contributed by atoms with Gasteiger partial charge in [0.15, 0.2) is 5.82 Å². The number of pyridine rings is 1. The molecule has 0 radical (unpaired) electrons. The Kier molecular flexibility index (Phi) is 9.39. The molecule has 1 aliphatic carbocycles. The Hall–Kier alpha value is -8.53. The zero-order chi connectivity index (χ0) is 43.2. The molecule has 0 aliphatic heterocycles. The molecule has 0 bridgehead atoms. The lowest BCUT2D eigenvalue weighted by atomic mass is 9.67. The van der Waals surface area contributed by atoms with E-state index in [1.165, 1.54) is 55.5 Å². The number of hydrogen-bond acceptors (Lipinski definition) is 3. The van der Waals surface area contributed by atoms with Gasteiger partial charge in [-0.25, -0.2) is 9.97 Å². The lowest BCUT2D eigenvalue weighted by molar-refractivity contribution is 0.768. The highest BCUT2D eigenvalue weighted by Crippen LogP contribution is 2.56. The fraction of sp³-hybridized carbons (Fsp3) is 0.0161. The summed E-state index contributed by atoms with van der Waals surface area (Å²) in [5, 5.41) is 2.31. The number of fused-ring (bicyclic) bond motifs is 4. The molecular formula is C62H41N3. The van der Waals surface area contributed by atoms with Gasteiger partial charge >= 0.3 is 0 Å². The van der Waals surface area contributed by atoms with Gasteiger partial charge in [0, 0.05) is 34.6 Å². The summed E-state index contributed by atoms with van der Waals surface area (Å²) in [5.74, 6) is 0.689. The maximum absolute atomic E-state index is 5.24. The average Bonchev–Trinajstić information content (AvgIpc) is 3.70. The lowest BCUT2D eigenvalue weighted by Gasteiger charge is -2.33. The Balaban J connectivity index is 0.931. The van der Waals surface area contributed by atoms with Crippen molar-refractivity contribution in [2.75, 3.05) is 0 Å². The summed E-state index contributed by atoms with van der Waals surface area (Å²) in [6.07, 6.45) is 3.70. The minimum Gasteiger partial charge on any atom is -0.264 e. The van der Waals surface area contributed by atoms with Crippen LogP contribution in [-0.2, 0) is 5.41 Å². The van der Waals surface area contributed by atoms with E-state index in [4.69, 9.17) is 9.97 Å². The maximum atomic E-state index is 5.24. The predicted molar refractivity (Wildman–Crippen MR) is 267 cm³/mol. The second-order valence-corrected chi connectivity index (χ2v) is 16.7. The third-order valence-electron chi connectivity index (χ3n) is 13.1. The van der Waals surface area contributed by atoms with E-state index in [0.717, 1.165) is 50.2 Å². The predicted octanol–water partition coefficient (Wildman–Crippen LogP) is 15.4. The van der Waals surface area contributed by atoms with Gasteiger partial charge in [-0.15, -0.1) is 0 Å². The van der Waals surface area contributed by atoms with Crippen LogP contribution in [0.5, 0.6) is 0 Å². The van der Waals surface area contributed by atoms with Crippen molar-refractivity contribution in [1.82, 2.24) is 15.0 Å².